The van der Waals surface area contributed by atoms with Crippen molar-refractivity contribution in [2.24, 2.45) is 23.2 Å². The lowest BCUT2D eigenvalue weighted by molar-refractivity contribution is -0.142. The zero-order chi connectivity index (χ0) is 17.0. The van der Waals surface area contributed by atoms with E-state index < -0.39 is 0 Å². The Morgan fingerprint density at radius 1 is 1.08 bits per heavy atom. The van der Waals surface area contributed by atoms with Gasteiger partial charge in [0.15, 0.2) is 10.9 Å². The Kier molecular flexibility index (Phi) is 3.99. The van der Waals surface area contributed by atoms with E-state index in [9.17, 15) is 4.79 Å². The maximum absolute atomic E-state index is 13.5. The van der Waals surface area contributed by atoms with Crippen molar-refractivity contribution in [1.82, 2.24) is 14.8 Å². The molecule has 0 aromatic carbocycles. The number of fused-ring (bicyclic) bond motifs is 1. The summed E-state index contributed by atoms with van der Waals surface area (Å²) in [6.07, 6.45) is 12.4. The molecule has 0 N–H and O–H groups in total. The van der Waals surface area contributed by atoms with Crippen LogP contribution in [0.4, 0.5) is 0 Å². The fraction of sp³-hybridized carbons (Fsp3) is 0.850. The molecule has 4 fully saturated rings. The van der Waals surface area contributed by atoms with Crippen LogP contribution in [0.25, 0.3) is 0 Å². The van der Waals surface area contributed by atoms with Crippen LogP contribution in [0.1, 0.15) is 70.5 Å². The van der Waals surface area contributed by atoms with Gasteiger partial charge in [0.1, 0.15) is 5.82 Å². The van der Waals surface area contributed by atoms with Gasteiger partial charge in [0, 0.05) is 18.4 Å². The van der Waals surface area contributed by atoms with E-state index >= 15 is 0 Å². The van der Waals surface area contributed by atoms with Crippen LogP contribution >= 0.6 is 11.8 Å². The minimum atomic E-state index is 0.00278. The average molecular weight is 360 g/mol. The standard InChI is InChI=1S/C20H29N3OS/c1-13(25-19-22-21-17-5-3-2-4-6-23(17)19)18(24)20-10-14-7-15(11-20)9-16(8-14)12-20/h13-16H,2-12H2,1H3. The van der Waals surface area contributed by atoms with Crippen molar-refractivity contribution >= 4 is 17.5 Å². The summed E-state index contributed by atoms with van der Waals surface area (Å²) < 4.78 is 2.28. The summed E-state index contributed by atoms with van der Waals surface area (Å²) in [5, 5.41) is 9.82. The van der Waals surface area contributed by atoms with Crippen LogP contribution in [0.2, 0.25) is 0 Å². The number of nitrogens with zero attached hydrogens (tertiary/aromatic N) is 3. The molecule has 6 rings (SSSR count). The second-order valence-corrected chi connectivity index (χ2v) is 10.5. The van der Waals surface area contributed by atoms with Gasteiger partial charge in [-0.05, 0) is 76.0 Å². The van der Waals surface area contributed by atoms with E-state index in [1.807, 2.05) is 0 Å². The summed E-state index contributed by atoms with van der Waals surface area (Å²) >= 11 is 1.67. The second-order valence-electron chi connectivity index (χ2n) is 9.18. The van der Waals surface area contributed by atoms with Gasteiger partial charge >= 0.3 is 0 Å². The number of carbonyl (C=O) groups is 1. The quantitative estimate of drug-likeness (QED) is 0.753. The zero-order valence-electron chi connectivity index (χ0n) is 15.2. The summed E-state index contributed by atoms with van der Waals surface area (Å²) in [5.74, 6) is 4.13. The number of aryl methyl sites for hydroxylation is 1. The maximum Gasteiger partial charge on any atom is 0.191 e. The molecule has 4 aliphatic carbocycles. The topological polar surface area (TPSA) is 47.8 Å². The molecular weight excluding hydrogens is 330 g/mol. The normalized spacial score (nSPS) is 37.6. The fourth-order valence-corrected chi connectivity index (χ4v) is 7.69. The van der Waals surface area contributed by atoms with E-state index in [0.717, 1.165) is 41.7 Å². The molecule has 2 heterocycles. The predicted octanol–water partition coefficient (Wildman–Crippen LogP) is 4.27. The third kappa shape index (κ3) is 2.77. The van der Waals surface area contributed by atoms with Gasteiger partial charge in [-0.25, -0.2) is 0 Å². The number of rotatable bonds is 4. The fourth-order valence-electron chi connectivity index (χ4n) is 6.60. The van der Waals surface area contributed by atoms with Crippen LogP contribution in [-0.2, 0) is 17.8 Å². The molecule has 5 heteroatoms. The van der Waals surface area contributed by atoms with E-state index in [4.69, 9.17) is 0 Å². The SMILES string of the molecule is CC(Sc1nnc2n1CCCCC2)C(=O)C12CC3CC(CC(C3)C1)C2. The minimum Gasteiger partial charge on any atom is -0.306 e. The molecule has 0 amide bonds. The van der Waals surface area contributed by atoms with Crippen molar-refractivity contribution in [3.8, 4) is 0 Å². The number of hydrogen-bond donors (Lipinski definition) is 0. The first-order chi connectivity index (χ1) is 12.1. The van der Waals surface area contributed by atoms with Crippen molar-refractivity contribution in [3.05, 3.63) is 5.82 Å². The monoisotopic (exact) mass is 359 g/mol. The average Bonchev–Trinajstić information content (AvgIpc) is 2.80. The second kappa shape index (κ2) is 6.11. The first kappa shape index (κ1) is 16.3. The van der Waals surface area contributed by atoms with Crippen LogP contribution < -0.4 is 0 Å². The van der Waals surface area contributed by atoms with Gasteiger partial charge in [-0.1, -0.05) is 18.2 Å². The molecule has 4 bridgehead atoms. The molecule has 1 aromatic heterocycles. The molecule has 1 aliphatic heterocycles. The van der Waals surface area contributed by atoms with Crippen LogP contribution in [0.3, 0.4) is 0 Å². The molecule has 1 unspecified atom stereocenters. The Hall–Kier alpha value is -0.840. The minimum absolute atomic E-state index is 0.00278. The van der Waals surface area contributed by atoms with Crippen molar-refractivity contribution in [3.63, 3.8) is 0 Å². The smallest absolute Gasteiger partial charge is 0.191 e. The molecule has 4 saturated carbocycles. The van der Waals surface area contributed by atoms with Crippen molar-refractivity contribution in [2.45, 2.75) is 88.1 Å². The molecular formula is C20H29N3OS. The highest BCUT2D eigenvalue weighted by Gasteiger charge is 2.55. The molecule has 136 valence electrons. The lowest BCUT2D eigenvalue weighted by atomic mass is 9.48. The number of aromatic nitrogens is 3. The maximum atomic E-state index is 13.5. The lowest BCUT2D eigenvalue weighted by Crippen LogP contribution is -2.51. The highest BCUT2D eigenvalue weighted by molar-refractivity contribution is 8.00. The van der Waals surface area contributed by atoms with Gasteiger partial charge in [-0.15, -0.1) is 10.2 Å². The van der Waals surface area contributed by atoms with Crippen molar-refractivity contribution in [2.75, 3.05) is 0 Å². The number of hydrogen-bond acceptors (Lipinski definition) is 4. The summed E-state index contributed by atoms with van der Waals surface area (Å²) in [6.45, 7) is 3.13. The highest BCUT2D eigenvalue weighted by atomic mass is 32.2. The molecule has 0 radical (unpaired) electrons. The van der Waals surface area contributed by atoms with Crippen molar-refractivity contribution in [1.29, 1.82) is 0 Å². The highest BCUT2D eigenvalue weighted by Crippen LogP contribution is 2.61. The lowest BCUT2D eigenvalue weighted by Gasteiger charge is -2.56. The van der Waals surface area contributed by atoms with Crippen molar-refractivity contribution < 1.29 is 4.79 Å². The number of thioether (sulfide) groups is 1. The number of carbonyl (C=O) groups excluding carboxylic acids is 1. The molecule has 4 nitrogen and oxygen atoms in total. The Balaban J connectivity index is 1.34. The molecule has 1 atom stereocenters. The van der Waals surface area contributed by atoms with Crippen LogP contribution in [0.5, 0.6) is 0 Å². The van der Waals surface area contributed by atoms with Gasteiger partial charge in [-0.2, -0.15) is 0 Å². The molecule has 5 aliphatic rings. The van der Waals surface area contributed by atoms with Gasteiger partial charge in [-0.3, -0.25) is 4.79 Å². The molecule has 0 spiro atoms. The van der Waals surface area contributed by atoms with Gasteiger partial charge in [0.05, 0.1) is 5.25 Å². The van der Waals surface area contributed by atoms with Crippen LogP contribution in [0, 0.1) is 23.2 Å². The largest absolute Gasteiger partial charge is 0.306 e. The predicted molar refractivity (Wildman–Crippen MR) is 98.5 cm³/mol. The van der Waals surface area contributed by atoms with Gasteiger partial charge in [0.2, 0.25) is 0 Å². The van der Waals surface area contributed by atoms with E-state index in [2.05, 4.69) is 21.7 Å². The summed E-state index contributed by atoms with van der Waals surface area (Å²) in [4.78, 5) is 13.5. The Labute approximate surface area is 154 Å². The van der Waals surface area contributed by atoms with E-state index in [1.165, 1.54) is 57.8 Å². The first-order valence-electron chi connectivity index (χ1n) is 10.3. The van der Waals surface area contributed by atoms with Crippen LogP contribution in [-0.4, -0.2) is 25.8 Å². The molecule has 1 aromatic rings. The third-order valence-corrected chi connectivity index (χ3v) is 8.37. The number of Topliss-reactive ketones (excluding diaryl/α,β-unsaturated/α-hetero) is 1. The number of ketones is 1. The first-order valence-corrected chi connectivity index (χ1v) is 11.1. The molecule has 0 saturated heterocycles. The Morgan fingerprint density at radius 3 is 2.44 bits per heavy atom. The zero-order valence-corrected chi connectivity index (χ0v) is 16.1. The Bertz CT molecular complexity index is 647. The summed E-state index contributed by atoms with van der Waals surface area (Å²) in [7, 11) is 0. The van der Waals surface area contributed by atoms with Crippen LogP contribution in [0.15, 0.2) is 5.16 Å². The van der Waals surface area contributed by atoms with Gasteiger partial charge < -0.3 is 4.57 Å². The third-order valence-electron chi connectivity index (χ3n) is 7.29. The van der Waals surface area contributed by atoms with E-state index in [0.29, 0.717) is 5.78 Å². The Morgan fingerprint density at radius 2 is 1.76 bits per heavy atom. The van der Waals surface area contributed by atoms with Gasteiger partial charge in [0.25, 0.3) is 0 Å². The van der Waals surface area contributed by atoms with E-state index in [-0.39, 0.29) is 10.7 Å². The summed E-state index contributed by atoms with van der Waals surface area (Å²) in [5.41, 5.74) is 0.00278. The molecule has 25 heavy (non-hydrogen) atoms. The van der Waals surface area contributed by atoms with E-state index in [1.54, 1.807) is 11.8 Å². The summed E-state index contributed by atoms with van der Waals surface area (Å²) in [6, 6.07) is 0.